The molecule has 0 aromatic heterocycles. The fraction of sp³-hybridized carbons (Fsp3) is 0.462. The van der Waals surface area contributed by atoms with E-state index in [1.807, 2.05) is 0 Å². The van der Waals surface area contributed by atoms with Crippen LogP contribution in [0.1, 0.15) is 26.3 Å². The van der Waals surface area contributed by atoms with Crippen molar-refractivity contribution in [3.63, 3.8) is 0 Å². The van der Waals surface area contributed by atoms with Gasteiger partial charge in [-0.15, -0.1) is 0 Å². The molecule has 0 amide bonds. The van der Waals surface area contributed by atoms with Gasteiger partial charge in [0, 0.05) is 5.41 Å². The molecule has 0 aliphatic heterocycles. The number of benzene rings is 1. The molecule has 106 valence electrons. The fourth-order valence-corrected chi connectivity index (χ4v) is 2.62. The molecule has 1 N–H and O–H groups in total. The number of sulfonamides is 1. The molecule has 0 aliphatic carbocycles. The first-order valence-corrected chi connectivity index (χ1v) is 7.31. The zero-order valence-corrected chi connectivity index (χ0v) is 12.3. The number of halogens is 1. The maximum Gasteiger partial charge on any atom is 0.241 e. The number of Topliss-reactive ketones (excluding diaryl/α,β-unsaturated/α-hetero) is 1. The van der Waals surface area contributed by atoms with Gasteiger partial charge in [-0.05, 0) is 30.7 Å². The lowest BCUT2D eigenvalue weighted by Crippen LogP contribution is -2.35. The Kier molecular flexibility index (Phi) is 4.47. The first kappa shape index (κ1) is 15.8. The summed E-state index contributed by atoms with van der Waals surface area (Å²) in [6.07, 6.45) is 0. The molecule has 0 unspecified atom stereocenters. The van der Waals surface area contributed by atoms with Gasteiger partial charge in [-0.2, -0.15) is 0 Å². The quantitative estimate of drug-likeness (QED) is 0.921. The van der Waals surface area contributed by atoms with Crippen LogP contribution in [0, 0.1) is 18.2 Å². The largest absolute Gasteiger partial charge is 0.298 e. The number of aryl methyl sites for hydroxylation is 1. The molecular weight excluding hydrogens is 269 g/mol. The zero-order chi connectivity index (χ0) is 14.8. The van der Waals surface area contributed by atoms with Gasteiger partial charge in [0.1, 0.15) is 5.82 Å². The van der Waals surface area contributed by atoms with Gasteiger partial charge in [-0.3, -0.25) is 4.79 Å². The highest BCUT2D eigenvalue weighted by Crippen LogP contribution is 2.17. The van der Waals surface area contributed by atoms with Crippen LogP contribution in [0.5, 0.6) is 0 Å². The highest BCUT2D eigenvalue weighted by atomic mass is 32.2. The van der Waals surface area contributed by atoms with E-state index in [-0.39, 0.29) is 17.2 Å². The summed E-state index contributed by atoms with van der Waals surface area (Å²) in [4.78, 5) is 11.7. The lowest BCUT2D eigenvalue weighted by molar-refractivity contribution is -0.125. The van der Waals surface area contributed by atoms with Crippen LogP contribution in [-0.4, -0.2) is 20.7 Å². The number of hydrogen-bond acceptors (Lipinski definition) is 3. The number of rotatable bonds is 4. The first-order valence-electron chi connectivity index (χ1n) is 5.83. The molecule has 0 radical (unpaired) electrons. The van der Waals surface area contributed by atoms with E-state index in [1.54, 1.807) is 20.8 Å². The monoisotopic (exact) mass is 287 g/mol. The second-order valence-electron chi connectivity index (χ2n) is 5.41. The summed E-state index contributed by atoms with van der Waals surface area (Å²) in [5.74, 6) is -0.710. The van der Waals surface area contributed by atoms with Gasteiger partial charge < -0.3 is 0 Å². The van der Waals surface area contributed by atoms with Crippen LogP contribution in [0.4, 0.5) is 4.39 Å². The third-order valence-corrected chi connectivity index (χ3v) is 4.25. The molecule has 0 spiro atoms. The van der Waals surface area contributed by atoms with Crippen LogP contribution >= 0.6 is 0 Å². The molecule has 1 aromatic rings. The van der Waals surface area contributed by atoms with Gasteiger partial charge in [-0.25, -0.2) is 17.5 Å². The predicted molar refractivity (Wildman–Crippen MR) is 70.8 cm³/mol. The summed E-state index contributed by atoms with van der Waals surface area (Å²) in [6, 6.07) is 3.40. The van der Waals surface area contributed by atoms with Gasteiger partial charge >= 0.3 is 0 Å². The maximum atomic E-state index is 12.9. The van der Waals surface area contributed by atoms with Crippen LogP contribution in [0.3, 0.4) is 0 Å². The highest BCUT2D eigenvalue weighted by molar-refractivity contribution is 7.89. The lowest BCUT2D eigenvalue weighted by atomic mass is 9.91. The Bertz CT molecular complexity index is 588. The first-order chi connectivity index (χ1) is 8.54. The van der Waals surface area contributed by atoms with Crippen LogP contribution in [0.2, 0.25) is 0 Å². The summed E-state index contributed by atoms with van der Waals surface area (Å²) < 4.78 is 39.2. The number of nitrogens with one attached hydrogen (secondary N) is 1. The van der Waals surface area contributed by atoms with E-state index in [9.17, 15) is 17.6 Å². The van der Waals surface area contributed by atoms with Gasteiger partial charge in [-0.1, -0.05) is 20.8 Å². The second-order valence-corrected chi connectivity index (χ2v) is 7.14. The summed E-state index contributed by atoms with van der Waals surface area (Å²) in [7, 11) is -3.80. The minimum absolute atomic E-state index is 0.0180. The van der Waals surface area contributed by atoms with Crippen molar-refractivity contribution in [3.8, 4) is 0 Å². The minimum atomic E-state index is -3.80. The lowest BCUT2D eigenvalue weighted by Gasteiger charge is -2.17. The van der Waals surface area contributed by atoms with Crippen LogP contribution in [0.25, 0.3) is 0 Å². The number of carbonyl (C=O) groups is 1. The van der Waals surface area contributed by atoms with E-state index < -0.39 is 21.3 Å². The summed E-state index contributed by atoms with van der Waals surface area (Å²) >= 11 is 0. The van der Waals surface area contributed by atoms with Crippen LogP contribution in [0.15, 0.2) is 23.1 Å². The van der Waals surface area contributed by atoms with Crippen molar-refractivity contribution < 1.29 is 17.6 Å². The SMILES string of the molecule is Cc1cc(F)ccc1S(=O)(=O)NCC(=O)C(C)(C)C. The predicted octanol–water partition coefficient (Wildman–Crippen LogP) is 2.03. The third kappa shape index (κ3) is 4.11. The Hall–Kier alpha value is -1.27. The molecule has 1 aromatic carbocycles. The molecule has 19 heavy (non-hydrogen) atoms. The molecule has 6 heteroatoms. The second kappa shape index (κ2) is 5.38. The van der Waals surface area contributed by atoms with Crippen molar-refractivity contribution in [3.05, 3.63) is 29.6 Å². The molecule has 0 fully saturated rings. The molecule has 0 aliphatic rings. The van der Waals surface area contributed by atoms with E-state index in [0.29, 0.717) is 5.56 Å². The summed E-state index contributed by atoms with van der Waals surface area (Å²) in [5, 5.41) is 0. The van der Waals surface area contributed by atoms with Gasteiger partial charge in [0.15, 0.2) is 5.78 Å². The number of carbonyl (C=O) groups excluding carboxylic acids is 1. The van der Waals surface area contributed by atoms with Crippen molar-refractivity contribution in [2.75, 3.05) is 6.54 Å². The van der Waals surface area contributed by atoms with Crippen molar-refractivity contribution >= 4 is 15.8 Å². The molecule has 0 atom stereocenters. The van der Waals surface area contributed by atoms with E-state index in [4.69, 9.17) is 0 Å². The average molecular weight is 287 g/mol. The summed E-state index contributed by atoms with van der Waals surface area (Å²) in [5.41, 5.74) is -0.309. The zero-order valence-electron chi connectivity index (χ0n) is 11.5. The Labute approximate surface area is 113 Å². The van der Waals surface area contributed by atoms with Crippen LogP contribution < -0.4 is 4.72 Å². The van der Waals surface area contributed by atoms with Gasteiger partial charge in [0.2, 0.25) is 10.0 Å². The van der Waals surface area contributed by atoms with Gasteiger partial charge in [0.25, 0.3) is 0 Å². The third-order valence-electron chi connectivity index (χ3n) is 2.69. The van der Waals surface area contributed by atoms with E-state index in [2.05, 4.69) is 4.72 Å². The molecule has 4 nitrogen and oxygen atoms in total. The Balaban J connectivity index is 2.91. The topological polar surface area (TPSA) is 63.2 Å². The normalized spacial score (nSPS) is 12.5. The van der Waals surface area contributed by atoms with Gasteiger partial charge in [0.05, 0.1) is 11.4 Å². The Morgan fingerprint density at radius 3 is 2.37 bits per heavy atom. The van der Waals surface area contributed by atoms with E-state index >= 15 is 0 Å². The Morgan fingerprint density at radius 2 is 1.89 bits per heavy atom. The molecule has 0 saturated heterocycles. The van der Waals surface area contributed by atoms with Crippen molar-refractivity contribution in [2.45, 2.75) is 32.6 Å². The number of ketones is 1. The summed E-state index contributed by atoms with van der Waals surface area (Å²) in [6.45, 7) is 6.37. The Morgan fingerprint density at radius 1 is 1.32 bits per heavy atom. The molecule has 0 heterocycles. The van der Waals surface area contributed by atoms with Crippen molar-refractivity contribution in [1.82, 2.24) is 4.72 Å². The van der Waals surface area contributed by atoms with Crippen molar-refractivity contribution in [2.24, 2.45) is 5.41 Å². The van der Waals surface area contributed by atoms with Crippen LogP contribution in [-0.2, 0) is 14.8 Å². The number of hydrogen-bond donors (Lipinski definition) is 1. The molecule has 0 saturated carbocycles. The fourth-order valence-electron chi connectivity index (χ4n) is 1.42. The molecule has 0 bridgehead atoms. The minimum Gasteiger partial charge on any atom is -0.298 e. The molecular formula is C13H18FNO3S. The van der Waals surface area contributed by atoms with E-state index in [1.165, 1.54) is 13.0 Å². The maximum absolute atomic E-state index is 12.9. The van der Waals surface area contributed by atoms with E-state index in [0.717, 1.165) is 12.1 Å². The average Bonchev–Trinajstić information content (AvgIpc) is 2.24. The highest BCUT2D eigenvalue weighted by Gasteiger charge is 2.24. The van der Waals surface area contributed by atoms with Crippen molar-refractivity contribution in [1.29, 1.82) is 0 Å². The smallest absolute Gasteiger partial charge is 0.241 e. The molecule has 1 rings (SSSR count). The standard InChI is InChI=1S/C13H18FNO3S/c1-9-7-10(14)5-6-11(9)19(17,18)15-8-12(16)13(2,3)4/h5-7,15H,8H2,1-4H3.